The van der Waals surface area contributed by atoms with Crippen LogP contribution in [0.1, 0.15) is 37.5 Å². The molecule has 1 amide bonds. The van der Waals surface area contributed by atoms with E-state index in [-0.39, 0.29) is 5.91 Å². The molecule has 5 heteroatoms. The molecule has 168 valence electrons. The van der Waals surface area contributed by atoms with Gasteiger partial charge in [0.1, 0.15) is 5.71 Å². The summed E-state index contributed by atoms with van der Waals surface area (Å²) in [6.45, 7) is 6.34. The van der Waals surface area contributed by atoms with Gasteiger partial charge in [0.2, 0.25) is 0 Å². The van der Waals surface area contributed by atoms with Gasteiger partial charge in [-0.15, -0.1) is 0 Å². The van der Waals surface area contributed by atoms with Crippen molar-refractivity contribution < 1.29 is 14.4 Å². The number of nitrogens with zero attached hydrogens (tertiary/aromatic N) is 2. The Morgan fingerprint density at radius 1 is 0.697 bits per heavy atom. The second-order valence-electron chi connectivity index (χ2n) is 7.35. The number of benzene rings is 3. The van der Waals surface area contributed by atoms with Crippen molar-refractivity contribution in [1.82, 2.24) is 4.90 Å². The van der Waals surface area contributed by atoms with E-state index in [1.54, 1.807) is 4.90 Å². The first-order chi connectivity index (χ1) is 16.1. The van der Waals surface area contributed by atoms with E-state index in [1.165, 1.54) is 6.92 Å². The van der Waals surface area contributed by atoms with Gasteiger partial charge in [0, 0.05) is 31.1 Å². The quantitative estimate of drug-likeness (QED) is 0.154. The van der Waals surface area contributed by atoms with E-state index in [0.29, 0.717) is 29.9 Å². The topological polar surface area (TPSA) is 59.0 Å². The van der Waals surface area contributed by atoms with Crippen molar-refractivity contribution in [3.8, 4) is 0 Å². The molecule has 3 aromatic rings. The zero-order valence-electron chi connectivity index (χ0n) is 19.2. The number of carbonyl (C=O) groups is 2. The van der Waals surface area contributed by atoms with Crippen molar-refractivity contribution in [2.75, 3.05) is 13.1 Å². The second-order valence-corrected chi connectivity index (χ2v) is 7.35. The highest BCUT2D eigenvalue weighted by atomic mass is 16.7. The zero-order valence-corrected chi connectivity index (χ0v) is 19.2. The molecule has 5 nitrogen and oxygen atoms in total. The van der Waals surface area contributed by atoms with Crippen LogP contribution in [0, 0.1) is 0 Å². The molecule has 0 fully saturated rings. The maximum atomic E-state index is 13.9. The standard InChI is InChI=1S/C28H28N2O3/c1-4-30(5-2)28(32)26(23-17-11-7-12-18-23)25(22-15-9-6-10-16-22)27(29-33-21(3)31)24-19-13-8-14-20-24/h6-20H,4-5H2,1-3H3/b26-25+,29-27+. The highest BCUT2D eigenvalue weighted by Gasteiger charge is 2.27. The summed E-state index contributed by atoms with van der Waals surface area (Å²) in [7, 11) is 0. The second kappa shape index (κ2) is 11.6. The molecule has 0 radical (unpaired) electrons. The van der Waals surface area contributed by atoms with Gasteiger partial charge in [-0.25, -0.2) is 4.79 Å². The van der Waals surface area contributed by atoms with Crippen molar-refractivity contribution in [2.24, 2.45) is 5.16 Å². The Morgan fingerprint density at radius 3 is 1.55 bits per heavy atom. The van der Waals surface area contributed by atoms with Crippen molar-refractivity contribution >= 4 is 28.7 Å². The van der Waals surface area contributed by atoms with E-state index in [9.17, 15) is 9.59 Å². The number of hydrogen-bond donors (Lipinski definition) is 0. The van der Waals surface area contributed by atoms with Gasteiger partial charge in [-0.2, -0.15) is 0 Å². The fourth-order valence-electron chi connectivity index (χ4n) is 3.60. The van der Waals surface area contributed by atoms with Gasteiger partial charge in [0.25, 0.3) is 5.91 Å². The Hall–Kier alpha value is -3.99. The third-order valence-electron chi connectivity index (χ3n) is 5.19. The molecule has 0 aliphatic carbocycles. The van der Waals surface area contributed by atoms with Crippen molar-refractivity contribution in [1.29, 1.82) is 0 Å². The molecule has 33 heavy (non-hydrogen) atoms. The van der Waals surface area contributed by atoms with Crippen LogP contribution in [-0.2, 0) is 14.4 Å². The summed E-state index contributed by atoms with van der Waals surface area (Å²) < 4.78 is 0. The minimum absolute atomic E-state index is 0.114. The average molecular weight is 441 g/mol. The van der Waals surface area contributed by atoms with Crippen molar-refractivity contribution in [3.05, 3.63) is 108 Å². The summed E-state index contributed by atoms with van der Waals surface area (Å²) in [6.07, 6.45) is 0. The molecule has 0 unspecified atom stereocenters. The van der Waals surface area contributed by atoms with E-state index in [1.807, 2.05) is 105 Å². The van der Waals surface area contributed by atoms with Gasteiger partial charge >= 0.3 is 5.97 Å². The zero-order chi connectivity index (χ0) is 23.6. The summed E-state index contributed by atoms with van der Waals surface area (Å²) in [5.74, 6) is -0.649. The van der Waals surface area contributed by atoms with Gasteiger partial charge in [0.05, 0.1) is 5.57 Å². The molecule has 3 rings (SSSR count). The average Bonchev–Trinajstić information content (AvgIpc) is 2.85. The Labute approximate surface area is 195 Å². The summed E-state index contributed by atoms with van der Waals surface area (Å²) in [6, 6.07) is 28.6. The maximum absolute atomic E-state index is 13.9. The summed E-state index contributed by atoms with van der Waals surface area (Å²) in [4.78, 5) is 32.5. The third kappa shape index (κ3) is 5.83. The van der Waals surface area contributed by atoms with E-state index in [2.05, 4.69) is 5.16 Å². The highest BCUT2D eigenvalue weighted by Crippen LogP contribution is 2.32. The van der Waals surface area contributed by atoms with E-state index >= 15 is 0 Å². The van der Waals surface area contributed by atoms with Crippen LogP contribution in [0.3, 0.4) is 0 Å². The molecule has 0 aromatic heterocycles. The predicted octanol–water partition coefficient (Wildman–Crippen LogP) is 5.43. The molecule has 0 aliphatic heterocycles. The number of rotatable bonds is 8. The number of allylic oxidation sites excluding steroid dienone is 1. The molecule has 0 saturated heterocycles. The van der Waals surface area contributed by atoms with Crippen LogP contribution in [0.4, 0.5) is 0 Å². The van der Waals surface area contributed by atoms with Crippen LogP contribution in [0.5, 0.6) is 0 Å². The first kappa shape index (κ1) is 23.7. The Kier molecular flexibility index (Phi) is 8.30. The number of oxime groups is 1. The third-order valence-corrected chi connectivity index (χ3v) is 5.19. The molecule has 0 aliphatic rings. The van der Waals surface area contributed by atoms with Gasteiger partial charge in [-0.3, -0.25) is 4.79 Å². The van der Waals surface area contributed by atoms with E-state index in [4.69, 9.17) is 4.84 Å². The lowest BCUT2D eigenvalue weighted by molar-refractivity contribution is -0.140. The van der Waals surface area contributed by atoms with Gasteiger partial charge in [-0.1, -0.05) is 96.2 Å². The Bertz CT molecular complexity index is 1130. The van der Waals surface area contributed by atoms with E-state index < -0.39 is 5.97 Å². The fourth-order valence-corrected chi connectivity index (χ4v) is 3.60. The normalized spacial score (nSPS) is 12.0. The number of amides is 1. The van der Waals surface area contributed by atoms with Crippen molar-refractivity contribution in [2.45, 2.75) is 20.8 Å². The first-order valence-electron chi connectivity index (χ1n) is 11.0. The Balaban J connectivity index is 2.44. The molecule has 0 bridgehead atoms. The molecule has 0 N–H and O–H groups in total. The fraction of sp³-hybridized carbons (Fsp3) is 0.179. The van der Waals surface area contributed by atoms with Crippen LogP contribution in [0.2, 0.25) is 0 Å². The minimum Gasteiger partial charge on any atom is -0.339 e. The van der Waals surface area contributed by atoms with Crippen LogP contribution in [-0.4, -0.2) is 35.6 Å². The largest absolute Gasteiger partial charge is 0.339 e. The number of carbonyl (C=O) groups excluding carboxylic acids is 2. The molecule has 0 spiro atoms. The van der Waals surface area contributed by atoms with Gasteiger partial charge in [0.15, 0.2) is 0 Å². The lowest BCUT2D eigenvalue weighted by Crippen LogP contribution is -2.32. The summed E-state index contributed by atoms with van der Waals surface area (Å²) in [5.41, 5.74) is 3.81. The molecular formula is C28H28N2O3. The SMILES string of the molecule is CCN(CC)C(=O)/C(=C(/C(=N/OC(C)=O)c1ccccc1)c1ccccc1)c1ccccc1. The lowest BCUT2D eigenvalue weighted by atomic mass is 9.87. The van der Waals surface area contributed by atoms with Crippen LogP contribution in [0.25, 0.3) is 11.1 Å². The molecule has 0 saturated carbocycles. The maximum Gasteiger partial charge on any atom is 0.332 e. The summed E-state index contributed by atoms with van der Waals surface area (Å²) in [5, 5.41) is 4.25. The Morgan fingerprint density at radius 2 is 1.12 bits per heavy atom. The lowest BCUT2D eigenvalue weighted by Gasteiger charge is -2.24. The van der Waals surface area contributed by atoms with E-state index in [0.717, 1.165) is 16.7 Å². The molecule has 3 aromatic carbocycles. The van der Waals surface area contributed by atoms with Gasteiger partial charge in [-0.05, 0) is 25.0 Å². The van der Waals surface area contributed by atoms with Crippen LogP contribution >= 0.6 is 0 Å². The van der Waals surface area contributed by atoms with Gasteiger partial charge < -0.3 is 9.74 Å². The highest BCUT2D eigenvalue weighted by molar-refractivity contribution is 6.45. The molecule has 0 heterocycles. The predicted molar refractivity (Wildman–Crippen MR) is 132 cm³/mol. The smallest absolute Gasteiger partial charge is 0.332 e. The monoisotopic (exact) mass is 440 g/mol. The van der Waals surface area contributed by atoms with Crippen LogP contribution < -0.4 is 0 Å². The molecular weight excluding hydrogens is 412 g/mol. The first-order valence-corrected chi connectivity index (χ1v) is 11.0. The van der Waals surface area contributed by atoms with Crippen molar-refractivity contribution in [3.63, 3.8) is 0 Å². The van der Waals surface area contributed by atoms with Crippen LogP contribution in [0.15, 0.2) is 96.2 Å². The molecule has 0 atom stereocenters. The summed E-state index contributed by atoms with van der Waals surface area (Å²) >= 11 is 0. The minimum atomic E-state index is -0.535. The number of hydrogen-bond acceptors (Lipinski definition) is 4. The number of likely N-dealkylation sites (N-methyl/N-ethyl adjacent to an activating group) is 1.